The van der Waals surface area contributed by atoms with Crippen LogP contribution in [0.3, 0.4) is 0 Å². The molecule has 0 N–H and O–H groups in total. The second-order valence-corrected chi connectivity index (χ2v) is 5.37. The van der Waals surface area contributed by atoms with Crippen LogP contribution in [-0.4, -0.2) is 15.0 Å². The topological polar surface area (TPSA) is 38.7 Å². The fraction of sp³-hybridized carbons (Fsp3) is 0. The van der Waals surface area contributed by atoms with Crippen molar-refractivity contribution in [1.29, 1.82) is 0 Å². The number of halogens is 2. The first-order valence-corrected chi connectivity index (χ1v) is 6.41. The largest absolute Gasteiger partial charge is 0.247 e. The van der Waals surface area contributed by atoms with Gasteiger partial charge in [-0.05, 0) is 55.8 Å². The summed E-state index contributed by atoms with van der Waals surface area (Å²) in [6.07, 6.45) is 4.99. The predicted octanol–water partition coefficient (Wildman–Crippen LogP) is 3.55. The standard InChI is InChI=1S/C9H5Br2N3S/c10-6-3-7(11)9(13-4-6)15-8-1-2-12-5-14-8/h1-5H. The number of pyridine rings is 1. The molecule has 2 aromatic rings. The Hall–Kier alpha value is -0.460. The van der Waals surface area contributed by atoms with Gasteiger partial charge in [-0.1, -0.05) is 0 Å². The van der Waals surface area contributed by atoms with Crippen LogP contribution in [0.15, 0.2) is 49.9 Å². The molecule has 0 bridgehead atoms. The molecule has 0 saturated carbocycles. The van der Waals surface area contributed by atoms with E-state index in [1.165, 1.54) is 18.1 Å². The van der Waals surface area contributed by atoms with E-state index in [4.69, 9.17) is 0 Å². The van der Waals surface area contributed by atoms with Gasteiger partial charge in [0.1, 0.15) is 16.4 Å². The van der Waals surface area contributed by atoms with E-state index >= 15 is 0 Å². The van der Waals surface area contributed by atoms with Gasteiger partial charge in [0.2, 0.25) is 0 Å². The van der Waals surface area contributed by atoms with Crippen molar-refractivity contribution in [3.8, 4) is 0 Å². The highest BCUT2D eigenvalue weighted by Gasteiger charge is 2.05. The van der Waals surface area contributed by atoms with Crippen LogP contribution in [0.25, 0.3) is 0 Å². The van der Waals surface area contributed by atoms with E-state index in [1.807, 2.05) is 12.1 Å². The van der Waals surface area contributed by atoms with E-state index < -0.39 is 0 Å². The Balaban J connectivity index is 2.25. The SMILES string of the molecule is Brc1cnc(Sc2ccncn2)c(Br)c1. The van der Waals surface area contributed by atoms with E-state index in [-0.39, 0.29) is 0 Å². The molecule has 0 atom stereocenters. The van der Waals surface area contributed by atoms with Crippen LogP contribution in [0.1, 0.15) is 0 Å². The highest BCUT2D eigenvalue weighted by Crippen LogP contribution is 2.31. The molecule has 0 aliphatic heterocycles. The lowest BCUT2D eigenvalue weighted by molar-refractivity contribution is 1.03. The molecular formula is C9H5Br2N3S. The van der Waals surface area contributed by atoms with Crippen molar-refractivity contribution < 1.29 is 0 Å². The Labute approximate surface area is 108 Å². The maximum Gasteiger partial charge on any atom is 0.116 e. The molecule has 0 amide bonds. The van der Waals surface area contributed by atoms with Crippen molar-refractivity contribution in [2.75, 3.05) is 0 Å². The number of rotatable bonds is 2. The fourth-order valence-electron chi connectivity index (χ4n) is 0.915. The first-order valence-electron chi connectivity index (χ1n) is 4.00. The van der Waals surface area contributed by atoms with Gasteiger partial charge < -0.3 is 0 Å². The van der Waals surface area contributed by atoms with Gasteiger partial charge in [-0.25, -0.2) is 15.0 Å². The summed E-state index contributed by atoms with van der Waals surface area (Å²) in [6.45, 7) is 0. The lowest BCUT2D eigenvalue weighted by Crippen LogP contribution is -1.84. The third-order valence-electron chi connectivity index (χ3n) is 1.53. The van der Waals surface area contributed by atoms with E-state index in [2.05, 4.69) is 46.8 Å². The van der Waals surface area contributed by atoms with Crippen molar-refractivity contribution >= 4 is 43.6 Å². The van der Waals surface area contributed by atoms with E-state index in [0.717, 1.165) is 19.0 Å². The zero-order chi connectivity index (χ0) is 10.7. The summed E-state index contributed by atoms with van der Waals surface area (Å²) in [5.74, 6) is 0. The average molecular weight is 347 g/mol. The maximum atomic E-state index is 4.28. The molecule has 2 heterocycles. The van der Waals surface area contributed by atoms with Crippen molar-refractivity contribution in [3.63, 3.8) is 0 Å². The van der Waals surface area contributed by atoms with Gasteiger partial charge in [0.25, 0.3) is 0 Å². The van der Waals surface area contributed by atoms with Crippen LogP contribution in [0.4, 0.5) is 0 Å². The summed E-state index contributed by atoms with van der Waals surface area (Å²) in [6, 6.07) is 3.80. The highest BCUT2D eigenvalue weighted by atomic mass is 79.9. The molecule has 2 aromatic heterocycles. The number of hydrogen-bond acceptors (Lipinski definition) is 4. The molecule has 15 heavy (non-hydrogen) atoms. The third kappa shape index (κ3) is 2.99. The minimum Gasteiger partial charge on any atom is -0.247 e. The summed E-state index contributed by atoms with van der Waals surface area (Å²) < 4.78 is 1.89. The molecule has 0 fully saturated rings. The molecule has 0 unspecified atom stereocenters. The summed E-state index contributed by atoms with van der Waals surface area (Å²) in [5, 5.41) is 1.76. The number of hydrogen-bond donors (Lipinski definition) is 0. The van der Waals surface area contributed by atoms with Crippen molar-refractivity contribution in [2.45, 2.75) is 10.1 Å². The number of nitrogens with zero attached hydrogens (tertiary/aromatic N) is 3. The molecule has 0 aliphatic carbocycles. The first-order chi connectivity index (χ1) is 7.25. The Morgan fingerprint density at radius 2 is 2.07 bits per heavy atom. The van der Waals surface area contributed by atoms with Gasteiger partial charge in [0.05, 0.1) is 4.47 Å². The summed E-state index contributed by atoms with van der Waals surface area (Å²) in [7, 11) is 0. The van der Waals surface area contributed by atoms with Crippen LogP contribution < -0.4 is 0 Å². The van der Waals surface area contributed by atoms with Crippen molar-refractivity contribution in [3.05, 3.63) is 39.8 Å². The Kier molecular flexibility index (Phi) is 3.71. The molecule has 2 rings (SSSR count). The molecule has 6 heteroatoms. The van der Waals surface area contributed by atoms with Crippen LogP contribution in [-0.2, 0) is 0 Å². The van der Waals surface area contributed by atoms with Gasteiger partial charge in [-0.2, -0.15) is 0 Å². The first kappa shape index (κ1) is 11.0. The minimum atomic E-state index is 0.875. The minimum absolute atomic E-state index is 0.875. The van der Waals surface area contributed by atoms with Gasteiger partial charge in [0, 0.05) is 16.9 Å². The zero-order valence-electron chi connectivity index (χ0n) is 7.39. The van der Waals surface area contributed by atoms with Gasteiger partial charge in [0.15, 0.2) is 0 Å². The van der Waals surface area contributed by atoms with Crippen molar-refractivity contribution in [1.82, 2.24) is 15.0 Å². The normalized spacial score (nSPS) is 10.3. The average Bonchev–Trinajstić information content (AvgIpc) is 2.24. The summed E-state index contributed by atoms with van der Waals surface area (Å²) >= 11 is 8.30. The molecule has 76 valence electrons. The lowest BCUT2D eigenvalue weighted by Gasteiger charge is -2.02. The molecule has 0 spiro atoms. The van der Waals surface area contributed by atoms with Crippen molar-refractivity contribution in [2.24, 2.45) is 0 Å². The summed E-state index contributed by atoms with van der Waals surface area (Å²) in [4.78, 5) is 12.3. The van der Waals surface area contributed by atoms with Crippen LogP contribution in [0.2, 0.25) is 0 Å². The monoisotopic (exact) mass is 345 g/mol. The lowest BCUT2D eigenvalue weighted by atomic mass is 10.5. The molecule has 0 saturated heterocycles. The number of aromatic nitrogens is 3. The van der Waals surface area contributed by atoms with Crippen LogP contribution >= 0.6 is 43.6 Å². The predicted molar refractivity (Wildman–Crippen MR) is 65.8 cm³/mol. The van der Waals surface area contributed by atoms with E-state index in [0.29, 0.717) is 0 Å². The Morgan fingerprint density at radius 3 is 2.73 bits per heavy atom. The third-order valence-corrected chi connectivity index (χ3v) is 3.80. The smallest absolute Gasteiger partial charge is 0.116 e. The molecule has 0 aliphatic rings. The van der Waals surface area contributed by atoms with Gasteiger partial charge in [-0.3, -0.25) is 0 Å². The van der Waals surface area contributed by atoms with Crippen LogP contribution in [0.5, 0.6) is 0 Å². The maximum absolute atomic E-state index is 4.28. The van der Waals surface area contributed by atoms with Crippen LogP contribution in [0, 0.1) is 0 Å². The van der Waals surface area contributed by atoms with Gasteiger partial charge in [-0.15, -0.1) is 0 Å². The second-order valence-electron chi connectivity index (χ2n) is 2.59. The zero-order valence-corrected chi connectivity index (χ0v) is 11.4. The Bertz CT molecular complexity index is 464. The molecule has 0 radical (unpaired) electrons. The second kappa shape index (κ2) is 5.05. The molecule has 3 nitrogen and oxygen atoms in total. The summed E-state index contributed by atoms with van der Waals surface area (Å²) in [5.41, 5.74) is 0. The molecular weight excluding hydrogens is 342 g/mol. The van der Waals surface area contributed by atoms with E-state index in [9.17, 15) is 0 Å². The fourth-order valence-corrected chi connectivity index (χ4v) is 2.83. The quantitative estimate of drug-likeness (QED) is 0.779. The highest BCUT2D eigenvalue weighted by molar-refractivity contribution is 9.11. The Morgan fingerprint density at radius 1 is 1.20 bits per heavy atom. The van der Waals surface area contributed by atoms with Gasteiger partial charge >= 0.3 is 0 Å². The van der Waals surface area contributed by atoms with E-state index in [1.54, 1.807) is 12.4 Å². The molecule has 0 aromatic carbocycles.